The van der Waals surface area contributed by atoms with Gasteiger partial charge in [-0.15, -0.1) is 0 Å². The van der Waals surface area contributed by atoms with Crippen LogP contribution in [0.25, 0.3) is 0 Å². The average Bonchev–Trinajstić information content (AvgIpc) is 2.48. The summed E-state index contributed by atoms with van der Waals surface area (Å²) in [5.74, 6) is -2.79. The van der Waals surface area contributed by atoms with Crippen LogP contribution in [-0.4, -0.2) is 33.5 Å². The van der Waals surface area contributed by atoms with Gasteiger partial charge < -0.3 is 9.84 Å². The Labute approximate surface area is 130 Å². The quantitative estimate of drug-likeness (QED) is 0.345. The molecular formula is C13H14N2O8. The van der Waals surface area contributed by atoms with Crippen LogP contribution in [0.4, 0.5) is 11.4 Å². The fraction of sp³-hybridized carbons (Fsp3) is 0.385. The summed E-state index contributed by atoms with van der Waals surface area (Å²) in [5, 5.41) is 31.5. The molecule has 10 nitrogen and oxygen atoms in total. The number of carboxylic acid groups (broad SMARTS) is 1. The van der Waals surface area contributed by atoms with Gasteiger partial charge in [-0.05, 0) is 19.4 Å². The molecule has 0 aliphatic rings. The number of esters is 1. The average molecular weight is 326 g/mol. The molecule has 1 rings (SSSR count). The summed E-state index contributed by atoms with van der Waals surface area (Å²) in [6.45, 7) is 2.70. The van der Waals surface area contributed by atoms with Gasteiger partial charge in [-0.1, -0.05) is 6.92 Å². The number of benzene rings is 1. The molecule has 0 bridgehead atoms. The lowest BCUT2D eigenvalue weighted by Crippen LogP contribution is -2.45. The summed E-state index contributed by atoms with van der Waals surface area (Å²) in [5.41, 5.74) is -4.18. The molecule has 1 atom stereocenters. The van der Waals surface area contributed by atoms with Crippen LogP contribution in [0.1, 0.15) is 25.8 Å². The van der Waals surface area contributed by atoms with E-state index in [0.29, 0.717) is 6.07 Å². The third-order valence-electron chi connectivity index (χ3n) is 3.37. The number of non-ortho nitro benzene ring substituents is 1. The largest absolute Gasteiger partial charge is 0.480 e. The maximum absolute atomic E-state index is 12.2. The molecular weight excluding hydrogens is 312 g/mol. The Hall–Kier alpha value is -3.04. The first kappa shape index (κ1) is 18.0. The van der Waals surface area contributed by atoms with Crippen molar-refractivity contribution >= 4 is 23.3 Å². The van der Waals surface area contributed by atoms with Gasteiger partial charge in [0.25, 0.3) is 11.4 Å². The summed E-state index contributed by atoms with van der Waals surface area (Å²) in [6.07, 6.45) is -0.320. The van der Waals surface area contributed by atoms with Crippen LogP contribution >= 0.6 is 0 Å². The number of ether oxygens (including phenoxy) is 1. The van der Waals surface area contributed by atoms with Crippen molar-refractivity contribution in [3.05, 3.63) is 44.0 Å². The summed E-state index contributed by atoms with van der Waals surface area (Å²) in [4.78, 5) is 44.0. The normalized spacial score (nSPS) is 13.0. The zero-order valence-electron chi connectivity index (χ0n) is 12.3. The Morgan fingerprint density at radius 1 is 1.22 bits per heavy atom. The van der Waals surface area contributed by atoms with E-state index in [2.05, 4.69) is 0 Å². The molecule has 23 heavy (non-hydrogen) atoms. The molecule has 0 saturated heterocycles. The Bertz CT molecular complexity index is 672. The van der Waals surface area contributed by atoms with Crippen LogP contribution in [0.5, 0.6) is 0 Å². The zero-order valence-corrected chi connectivity index (χ0v) is 12.3. The second kappa shape index (κ2) is 6.81. The number of carbonyl (C=O) groups is 2. The molecule has 0 radical (unpaired) electrons. The monoisotopic (exact) mass is 326 g/mol. The van der Waals surface area contributed by atoms with Gasteiger partial charge in [0.05, 0.1) is 28.1 Å². The molecule has 0 heterocycles. The molecule has 1 unspecified atom stereocenters. The van der Waals surface area contributed by atoms with Crippen LogP contribution < -0.4 is 0 Å². The molecule has 0 amide bonds. The maximum Gasteiger partial charge on any atom is 0.328 e. The first-order valence-electron chi connectivity index (χ1n) is 6.56. The Kier molecular flexibility index (Phi) is 5.34. The molecule has 0 fully saturated rings. The number of carbonyl (C=O) groups excluding carboxylic acids is 1. The van der Waals surface area contributed by atoms with E-state index < -0.39 is 44.1 Å². The smallest absolute Gasteiger partial charge is 0.328 e. The predicted octanol–water partition coefficient (Wildman–Crippen LogP) is 1.80. The van der Waals surface area contributed by atoms with E-state index in [1.165, 1.54) is 13.8 Å². The van der Waals surface area contributed by atoms with Gasteiger partial charge in [-0.25, -0.2) is 0 Å². The number of nitrogens with zero attached hydrogens (tertiary/aromatic N) is 2. The molecule has 1 aromatic rings. The lowest BCUT2D eigenvalue weighted by atomic mass is 9.77. The summed E-state index contributed by atoms with van der Waals surface area (Å²) >= 11 is 0. The van der Waals surface area contributed by atoms with Crippen LogP contribution in [-0.2, 0) is 19.7 Å². The van der Waals surface area contributed by atoms with Crippen molar-refractivity contribution in [1.29, 1.82) is 0 Å². The van der Waals surface area contributed by atoms with E-state index in [0.717, 1.165) is 12.1 Å². The third kappa shape index (κ3) is 3.10. The lowest BCUT2D eigenvalue weighted by Gasteiger charge is -2.25. The molecule has 0 aliphatic carbocycles. The van der Waals surface area contributed by atoms with E-state index >= 15 is 0 Å². The standard InChI is InChI=1S/C13H14N2O8/c1-3-13(11(16)17,12(18)23-4-2)9-6-5-8(14(19)20)7-10(9)15(21)22/h5-7H,3-4H2,1-2H3,(H,16,17). The van der Waals surface area contributed by atoms with Gasteiger partial charge in [-0.3, -0.25) is 29.8 Å². The highest BCUT2D eigenvalue weighted by Gasteiger charge is 2.52. The molecule has 124 valence electrons. The zero-order chi connectivity index (χ0) is 17.8. The molecule has 1 N–H and O–H groups in total. The van der Waals surface area contributed by atoms with Crippen LogP contribution in [0.2, 0.25) is 0 Å². The summed E-state index contributed by atoms with van der Waals surface area (Å²) in [6, 6.07) is 2.45. The van der Waals surface area contributed by atoms with Gasteiger partial charge >= 0.3 is 11.9 Å². The first-order valence-corrected chi connectivity index (χ1v) is 6.56. The number of nitro benzene ring substituents is 2. The Balaban J connectivity index is 3.72. The highest BCUT2D eigenvalue weighted by atomic mass is 16.6. The number of hydrogen-bond acceptors (Lipinski definition) is 7. The fourth-order valence-corrected chi connectivity index (χ4v) is 2.20. The van der Waals surface area contributed by atoms with Gasteiger partial charge in [0.1, 0.15) is 0 Å². The van der Waals surface area contributed by atoms with Gasteiger partial charge in [-0.2, -0.15) is 0 Å². The number of aliphatic carboxylic acids is 1. The second-order valence-corrected chi connectivity index (χ2v) is 4.50. The topological polar surface area (TPSA) is 150 Å². The summed E-state index contributed by atoms with van der Waals surface area (Å²) < 4.78 is 4.75. The van der Waals surface area contributed by atoms with Crippen LogP contribution in [0.15, 0.2) is 18.2 Å². The van der Waals surface area contributed by atoms with Gasteiger partial charge in [0.15, 0.2) is 5.41 Å². The van der Waals surface area contributed by atoms with Crippen molar-refractivity contribution in [2.75, 3.05) is 6.61 Å². The fourth-order valence-electron chi connectivity index (χ4n) is 2.20. The van der Waals surface area contributed by atoms with Crippen molar-refractivity contribution in [2.24, 2.45) is 0 Å². The lowest BCUT2D eigenvalue weighted by molar-refractivity contribution is -0.394. The van der Waals surface area contributed by atoms with Crippen molar-refractivity contribution in [3.8, 4) is 0 Å². The molecule has 10 heteroatoms. The van der Waals surface area contributed by atoms with E-state index in [1.807, 2.05) is 0 Å². The van der Waals surface area contributed by atoms with E-state index in [4.69, 9.17) is 4.74 Å². The highest BCUT2D eigenvalue weighted by molar-refractivity contribution is 6.06. The van der Waals surface area contributed by atoms with Gasteiger partial charge in [0, 0.05) is 6.07 Å². The van der Waals surface area contributed by atoms with Crippen molar-refractivity contribution in [1.82, 2.24) is 0 Å². The SMILES string of the molecule is CCOC(=O)C(CC)(C(=O)O)c1ccc([N+](=O)[O-])cc1[N+](=O)[O-]. The van der Waals surface area contributed by atoms with Crippen LogP contribution in [0, 0.1) is 20.2 Å². The summed E-state index contributed by atoms with van der Waals surface area (Å²) in [7, 11) is 0. The Morgan fingerprint density at radius 3 is 2.22 bits per heavy atom. The first-order chi connectivity index (χ1) is 10.7. The minimum absolute atomic E-state index is 0.116. The minimum atomic E-state index is -2.31. The molecule has 0 saturated carbocycles. The van der Waals surface area contributed by atoms with Crippen molar-refractivity contribution in [3.63, 3.8) is 0 Å². The second-order valence-electron chi connectivity index (χ2n) is 4.50. The Morgan fingerprint density at radius 2 is 1.83 bits per heavy atom. The van der Waals surface area contributed by atoms with E-state index in [1.54, 1.807) is 0 Å². The highest BCUT2D eigenvalue weighted by Crippen LogP contribution is 2.38. The van der Waals surface area contributed by atoms with Crippen LogP contribution in [0.3, 0.4) is 0 Å². The van der Waals surface area contributed by atoms with E-state index in [-0.39, 0.29) is 13.0 Å². The molecule has 0 aromatic heterocycles. The van der Waals surface area contributed by atoms with E-state index in [9.17, 15) is 34.9 Å². The number of rotatable bonds is 7. The van der Waals surface area contributed by atoms with Gasteiger partial charge in [0.2, 0.25) is 0 Å². The molecule has 0 aliphatic heterocycles. The predicted molar refractivity (Wildman–Crippen MR) is 76.0 cm³/mol. The number of nitro groups is 2. The third-order valence-corrected chi connectivity index (χ3v) is 3.37. The van der Waals surface area contributed by atoms with Crippen molar-refractivity contribution < 1.29 is 29.3 Å². The molecule has 1 aromatic carbocycles. The minimum Gasteiger partial charge on any atom is -0.480 e. The molecule has 0 spiro atoms. The van der Waals surface area contributed by atoms with Crippen molar-refractivity contribution in [2.45, 2.75) is 25.7 Å². The maximum atomic E-state index is 12.2. The number of hydrogen-bond donors (Lipinski definition) is 1. The number of carboxylic acids is 1.